The lowest BCUT2D eigenvalue weighted by molar-refractivity contribution is 0.0483. The maximum Gasteiger partial charge on any atom is 0.124 e. The number of rotatable bonds is 5. The van der Waals surface area contributed by atoms with Crippen molar-refractivity contribution in [3.63, 3.8) is 0 Å². The van der Waals surface area contributed by atoms with Crippen LogP contribution in [-0.2, 0) is 5.54 Å². The van der Waals surface area contributed by atoms with Crippen molar-refractivity contribution in [1.82, 2.24) is 14.8 Å². The fourth-order valence-corrected chi connectivity index (χ4v) is 4.93. The first-order valence-electron chi connectivity index (χ1n) is 9.78. The van der Waals surface area contributed by atoms with Gasteiger partial charge in [-0.1, -0.05) is 30.3 Å². The van der Waals surface area contributed by atoms with E-state index in [1.165, 1.54) is 29.0 Å². The van der Waals surface area contributed by atoms with Gasteiger partial charge in [-0.3, -0.25) is 9.80 Å². The highest BCUT2D eigenvalue weighted by atomic mass is 79.9. The molecule has 0 radical (unpaired) electrons. The number of hydrogen-bond acceptors (Lipinski definition) is 5. The number of benzene rings is 2. The van der Waals surface area contributed by atoms with E-state index in [-0.39, 0.29) is 34.4 Å². The van der Waals surface area contributed by atoms with Gasteiger partial charge >= 0.3 is 0 Å². The van der Waals surface area contributed by atoms with Crippen LogP contribution in [0.3, 0.4) is 0 Å². The fourth-order valence-electron chi connectivity index (χ4n) is 3.95. The summed E-state index contributed by atoms with van der Waals surface area (Å²) < 4.78 is 14.3. The van der Waals surface area contributed by atoms with Crippen LogP contribution in [0.15, 0.2) is 48.5 Å². The lowest BCUT2D eigenvalue weighted by Crippen LogP contribution is -2.54. The van der Waals surface area contributed by atoms with Crippen molar-refractivity contribution < 1.29 is 4.39 Å². The number of piperazine rings is 1. The van der Waals surface area contributed by atoms with Crippen molar-refractivity contribution in [2.45, 2.75) is 25.4 Å². The van der Waals surface area contributed by atoms with Crippen molar-refractivity contribution in [2.24, 2.45) is 5.73 Å². The average Bonchev–Trinajstić information content (AvgIpc) is 3.12. The molecule has 1 aliphatic rings. The Morgan fingerprint density at radius 2 is 1.79 bits per heavy atom. The smallest absolute Gasteiger partial charge is 0.124 e. The summed E-state index contributed by atoms with van der Waals surface area (Å²) in [4.78, 5) is 9.56. The fraction of sp³-hybridized carbons (Fsp3) is 0.409. The molecule has 2 aromatic carbocycles. The second-order valence-electron chi connectivity index (χ2n) is 7.98. The molecule has 4 nitrogen and oxygen atoms in total. The molecular weight excluding hydrogens is 451 g/mol. The Bertz CT molecular complexity index is 938. The summed E-state index contributed by atoms with van der Waals surface area (Å²) >= 11 is 1.50. The first kappa shape index (κ1) is 22.3. The third-order valence-electron chi connectivity index (χ3n) is 5.78. The van der Waals surface area contributed by atoms with Crippen LogP contribution < -0.4 is 5.73 Å². The van der Waals surface area contributed by atoms with Gasteiger partial charge in [0, 0.05) is 38.3 Å². The van der Waals surface area contributed by atoms with Gasteiger partial charge in [-0.2, -0.15) is 0 Å². The van der Waals surface area contributed by atoms with Crippen LogP contribution in [0.1, 0.15) is 30.5 Å². The summed E-state index contributed by atoms with van der Waals surface area (Å²) in [5.41, 5.74) is 8.63. The maximum atomic E-state index is 13.4. The molecule has 1 aromatic heterocycles. The molecule has 0 bridgehead atoms. The predicted octanol–water partition coefficient (Wildman–Crippen LogP) is 4.57. The minimum Gasteiger partial charge on any atom is -0.321 e. The Kier molecular flexibility index (Phi) is 7.06. The molecule has 2 heterocycles. The Morgan fingerprint density at radius 3 is 2.48 bits per heavy atom. The maximum absolute atomic E-state index is 13.4. The third-order valence-corrected chi connectivity index (χ3v) is 6.93. The van der Waals surface area contributed by atoms with E-state index in [0.717, 1.165) is 47.9 Å². The Morgan fingerprint density at radius 1 is 1.10 bits per heavy atom. The molecule has 0 saturated carbocycles. The molecular formula is C22H28BrFN4S. The standard InChI is InChI=1S/C22H27FN4S.BrH/c1-22(2,16-6-4-3-5-7-16)27-12-10-26(11-13-27)15-18(24)21-25-19-9-8-17(23)14-20(19)28-21;/h3-9,14,18H,10-13,15,24H2,1-2H3;1H. The molecule has 1 saturated heterocycles. The third kappa shape index (κ3) is 4.86. The molecule has 156 valence electrons. The number of thiazole rings is 1. The van der Waals surface area contributed by atoms with Crippen LogP contribution in [0.5, 0.6) is 0 Å². The quantitative estimate of drug-likeness (QED) is 0.583. The van der Waals surface area contributed by atoms with Crippen LogP contribution in [0.2, 0.25) is 0 Å². The van der Waals surface area contributed by atoms with Gasteiger partial charge in [-0.15, -0.1) is 28.3 Å². The van der Waals surface area contributed by atoms with Gasteiger partial charge in [0.25, 0.3) is 0 Å². The van der Waals surface area contributed by atoms with Crippen LogP contribution in [0.25, 0.3) is 10.2 Å². The molecule has 1 aliphatic heterocycles. The molecule has 7 heteroatoms. The van der Waals surface area contributed by atoms with Crippen molar-refractivity contribution >= 4 is 38.5 Å². The topological polar surface area (TPSA) is 45.4 Å². The number of nitrogens with two attached hydrogens (primary N) is 1. The Hall–Kier alpha value is -1.38. The number of fused-ring (bicyclic) bond motifs is 1. The monoisotopic (exact) mass is 478 g/mol. The predicted molar refractivity (Wildman–Crippen MR) is 124 cm³/mol. The van der Waals surface area contributed by atoms with Crippen molar-refractivity contribution in [2.75, 3.05) is 32.7 Å². The molecule has 0 amide bonds. The molecule has 4 rings (SSSR count). The zero-order chi connectivity index (χ0) is 19.7. The van der Waals surface area contributed by atoms with Crippen molar-refractivity contribution in [3.8, 4) is 0 Å². The largest absolute Gasteiger partial charge is 0.321 e. The zero-order valence-electron chi connectivity index (χ0n) is 16.8. The van der Waals surface area contributed by atoms with Crippen molar-refractivity contribution in [1.29, 1.82) is 0 Å². The molecule has 2 N–H and O–H groups in total. The second-order valence-corrected chi connectivity index (χ2v) is 9.05. The normalized spacial score (nSPS) is 17.2. The van der Waals surface area contributed by atoms with Gasteiger partial charge in [0.15, 0.2) is 0 Å². The highest BCUT2D eigenvalue weighted by molar-refractivity contribution is 8.93. The first-order valence-corrected chi connectivity index (χ1v) is 10.6. The van der Waals surface area contributed by atoms with E-state index in [1.54, 1.807) is 6.07 Å². The minimum absolute atomic E-state index is 0. The summed E-state index contributed by atoms with van der Waals surface area (Å²) in [6.07, 6.45) is 0. The van der Waals surface area contributed by atoms with E-state index in [4.69, 9.17) is 5.73 Å². The van der Waals surface area contributed by atoms with E-state index < -0.39 is 0 Å². The minimum atomic E-state index is -0.228. The molecule has 0 spiro atoms. The van der Waals surface area contributed by atoms with Gasteiger partial charge in [-0.25, -0.2) is 9.37 Å². The average molecular weight is 479 g/mol. The van der Waals surface area contributed by atoms with Gasteiger partial charge in [0.1, 0.15) is 10.8 Å². The lowest BCUT2D eigenvalue weighted by Gasteiger charge is -2.44. The number of aromatic nitrogens is 1. The van der Waals surface area contributed by atoms with E-state index in [9.17, 15) is 4.39 Å². The number of hydrogen-bond donors (Lipinski definition) is 1. The van der Waals surface area contributed by atoms with Gasteiger partial charge < -0.3 is 5.73 Å². The van der Waals surface area contributed by atoms with Crippen LogP contribution >= 0.6 is 28.3 Å². The summed E-state index contributed by atoms with van der Waals surface area (Å²) in [5.74, 6) is -0.228. The van der Waals surface area contributed by atoms with Gasteiger partial charge in [-0.05, 0) is 37.6 Å². The second kappa shape index (κ2) is 9.18. The first-order chi connectivity index (χ1) is 13.4. The summed E-state index contributed by atoms with van der Waals surface area (Å²) in [6.45, 7) is 9.38. The van der Waals surface area contributed by atoms with E-state index in [0.29, 0.717) is 0 Å². The van der Waals surface area contributed by atoms with Crippen LogP contribution in [0.4, 0.5) is 4.39 Å². The van der Waals surface area contributed by atoms with E-state index in [1.807, 2.05) is 0 Å². The molecule has 1 atom stereocenters. The van der Waals surface area contributed by atoms with Gasteiger partial charge in [0.05, 0.1) is 16.3 Å². The molecule has 1 unspecified atom stereocenters. The highest BCUT2D eigenvalue weighted by Crippen LogP contribution is 2.30. The highest BCUT2D eigenvalue weighted by Gasteiger charge is 2.31. The number of nitrogens with zero attached hydrogens (tertiary/aromatic N) is 3. The Labute approximate surface area is 186 Å². The van der Waals surface area contributed by atoms with E-state index in [2.05, 4.69) is 59.0 Å². The molecule has 3 aromatic rings. The molecule has 0 aliphatic carbocycles. The summed E-state index contributed by atoms with van der Waals surface area (Å²) in [7, 11) is 0. The van der Waals surface area contributed by atoms with E-state index >= 15 is 0 Å². The van der Waals surface area contributed by atoms with Gasteiger partial charge in [0.2, 0.25) is 0 Å². The summed E-state index contributed by atoms with van der Waals surface area (Å²) in [6, 6.07) is 15.3. The molecule has 1 fully saturated rings. The summed E-state index contributed by atoms with van der Waals surface area (Å²) in [5, 5.41) is 0.882. The lowest BCUT2D eigenvalue weighted by atomic mass is 9.91. The molecule has 29 heavy (non-hydrogen) atoms. The van der Waals surface area contributed by atoms with Crippen LogP contribution in [0, 0.1) is 5.82 Å². The zero-order valence-corrected chi connectivity index (χ0v) is 19.4. The number of halogens is 2. The SMILES string of the molecule is Br.CC(C)(c1ccccc1)N1CCN(CC(N)c2nc3ccc(F)cc3s2)CC1. The van der Waals surface area contributed by atoms with Crippen molar-refractivity contribution in [3.05, 3.63) is 64.9 Å². The Balaban J connectivity index is 0.00000240. The van der Waals surface area contributed by atoms with Crippen LogP contribution in [-0.4, -0.2) is 47.5 Å².